The zero-order chi connectivity index (χ0) is 13.7. The molecule has 0 unspecified atom stereocenters. The number of hydrogen-bond donors (Lipinski definition) is 0. The highest BCUT2D eigenvalue weighted by Crippen LogP contribution is 2.21. The fourth-order valence-electron chi connectivity index (χ4n) is 1.66. The molecule has 5 nitrogen and oxygen atoms in total. The third-order valence-corrected chi connectivity index (χ3v) is 2.81. The van der Waals surface area contributed by atoms with E-state index in [0.29, 0.717) is 23.9 Å². The van der Waals surface area contributed by atoms with E-state index in [1.54, 1.807) is 16.9 Å². The quantitative estimate of drug-likeness (QED) is 0.764. The summed E-state index contributed by atoms with van der Waals surface area (Å²) in [5.74, 6) is 0. The van der Waals surface area contributed by atoms with Crippen LogP contribution in [0.4, 0.5) is 0 Å². The number of halogens is 1. The van der Waals surface area contributed by atoms with Crippen molar-refractivity contribution in [2.45, 2.75) is 20.1 Å². The van der Waals surface area contributed by atoms with Crippen molar-refractivity contribution in [3.05, 3.63) is 41.2 Å². The molecule has 0 aliphatic rings. The Hall–Kier alpha value is -1.43. The molecule has 2 rings (SSSR count). The van der Waals surface area contributed by atoms with Crippen LogP contribution < -0.4 is 0 Å². The molecule has 0 atom stereocenters. The fraction of sp³-hybridized carbons (Fsp3) is 0.385. The molecule has 0 saturated carbocycles. The van der Waals surface area contributed by atoms with Crippen molar-refractivity contribution in [3.63, 3.8) is 0 Å². The van der Waals surface area contributed by atoms with Crippen molar-refractivity contribution in [2.75, 3.05) is 13.2 Å². The predicted molar refractivity (Wildman–Crippen MR) is 72.4 cm³/mol. The topological polar surface area (TPSA) is 49.2 Å². The smallest absolute Gasteiger partial charge is 0.204 e. The molecule has 6 heteroatoms. The molecule has 1 heterocycles. The summed E-state index contributed by atoms with van der Waals surface area (Å²) in [5.41, 5.74) is 1.40. The van der Waals surface area contributed by atoms with Crippen molar-refractivity contribution < 1.29 is 9.47 Å². The summed E-state index contributed by atoms with van der Waals surface area (Å²) in [4.78, 5) is 0. The molecule has 0 aliphatic carbocycles. The van der Waals surface area contributed by atoms with Gasteiger partial charge in [0.05, 0.1) is 16.9 Å². The Morgan fingerprint density at radius 1 is 1.21 bits per heavy atom. The van der Waals surface area contributed by atoms with Crippen molar-refractivity contribution in [1.29, 1.82) is 0 Å². The van der Waals surface area contributed by atoms with Gasteiger partial charge in [0, 0.05) is 13.2 Å². The van der Waals surface area contributed by atoms with Gasteiger partial charge in [0.2, 0.25) is 6.29 Å². The first-order valence-corrected chi connectivity index (χ1v) is 6.54. The highest BCUT2D eigenvalue weighted by Gasteiger charge is 2.16. The van der Waals surface area contributed by atoms with E-state index in [0.717, 1.165) is 5.69 Å². The number of rotatable bonds is 6. The van der Waals surface area contributed by atoms with Gasteiger partial charge in [0.25, 0.3) is 0 Å². The molecule has 0 radical (unpaired) electrons. The largest absolute Gasteiger partial charge is 0.347 e. The predicted octanol–water partition coefficient (Wildman–Crippen LogP) is 2.99. The Morgan fingerprint density at radius 3 is 2.53 bits per heavy atom. The number of aromatic nitrogens is 3. The van der Waals surface area contributed by atoms with Gasteiger partial charge in [0.15, 0.2) is 0 Å². The molecular formula is C13H16ClN3O2. The maximum Gasteiger partial charge on any atom is 0.204 e. The van der Waals surface area contributed by atoms with E-state index in [9.17, 15) is 0 Å². The van der Waals surface area contributed by atoms with Gasteiger partial charge in [-0.05, 0) is 26.0 Å². The SMILES string of the molecule is CCOC(OCC)c1cn(-c2ccccc2Cl)nn1. The first-order valence-electron chi connectivity index (χ1n) is 6.16. The third kappa shape index (κ3) is 3.32. The Kier molecular flexibility index (Phi) is 4.90. The van der Waals surface area contributed by atoms with Crippen molar-refractivity contribution in [1.82, 2.24) is 15.0 Å². The summed E-state index contributed by atoms with van der Waals surface area (Å²) >= 11 is 6.12. The van der Waals surface area contributed by atoms with E-state index in [4.69, 9.17) is 21.1 Å². The second-order valence-electron chi connectivity index (χ2n) is 3.78. The molecule has 0 spiro atoms. The lowest BCUT2D eigenvalue weighted by Gasteiger charge is -2.13. The molecular weight excluding hydrogens is 266 g/mol. The summed E-state index contributed by atoms with van der Waals surface area (Å²) in [5, 5.41) is 8.74. The fourth-order valence-corrected chi connectivity index (χ4v) is 1.88. The molecule has 0 bridgehead atoms. The van der Waals surface area contributed by atoms with Crippen LogP contribution in [0, 0.1) is 0 Å². The minimum Gasteiger partial charge on any atom is -0.347 e. The van der Waals surface area contributed by atoms with Gasteiger partial charge in [-0.2, -0.15) is 0 Å². The highest BCUT2D eigenvalue weighted by molar-refractivity contribution is 6.32. The van der Waals surface area contributed by atoms with Gasteiger partial charge in [-0.25, -0.2) is 4.68 Å². The zero-order valence-electron chi connectivity index (χ0n) is 10.9. The first kappa shape index (κ1) is 14.0. The molecule has 102 valence electrons. The number of benzene rings is 1. The van der Waals surface area contributed by atoms with Crippen LogP contribution in [0.25, 0.3) is 5.69 Å². The maximum atomic E-state index is 6.12. The van der Waals surface area contributed by atoms with Crippen LogP contribution in [0.15, 0.2) is 30.5 Å². The summed E-state index contributed by atoms with van der Waals surface area (Å²) in [6, 6.07) is 7.44. The van der Waals surface area contributed by atoms with Gasteiger partial charge < -0.3 is 9.47 Å². The molecule has 0 saturated heterocycles. The van der Waals surface area contributed by atoms with Crippen LogP contribution in [-0.2, 0) is 9.47 Å². The lowest BCUT2D eigenvalue weighted by molar-refractivity contribution is -0.142. The van der Waals surface area contributed by atoms with Crippen molar-refractivity contribution in [3.8, 4) is 5.69 Å². The van der Waals surface area contributed by atoms with E-state index in [-0.39, 0.29) is 0 Å². The summed E-state index contributed by atoms with van der Waals surface area (Å²) in [6.45, 7) is 4.91. The van der Waals surface area contributed by atoms with Crippen LogP contribution >= 0.6 is 11.6 Å². The van der Waals surface area contributed by atoms with Gasteiger partial charge >= 0.3 is 0 Å². The normalized spacial score (nSPS) is 11.2. The van der Waals surface area contributed by atoms with Gasteiger partial charge in [0.1, 0.15) is 5.69 Å². The first-order chi connectivity index (χ1) is 9.26. The average molecular weight is 282 g/mol. The third-order valence-electron chi connectivity index (χ3n) is 2.49. The minimum absolute atomic E-state index is 0.494. The second kappa shape index (κ2) is 6.65. The maximum absolute atomic E-state index is 6.12. The Morgan fingerprint density at radius 2 is 1.89 bits per heavy atom. The molecule has 0 fully saturated rings. The molecule has 0 N–H and O–H groups in total. The monoisotopic (exact) mass is 281 g/mol. The Labute approximate surface area is 117 Å². The van der Waals surface area contributed by atoms with E-state index >= 15 is 0 Å². The van der Waals surface area contributed by atoms with Crippen LogP contribution in [0.2, 0.25) is 5.02 Å². The molecule has 19 heavy (non-hydrogen) atoms. The van der Waals surface area contributed by atoms with Crippen LogP contribution in [0.5, 0.6) is 0 Å². The average Bonchev–Trinajstić information content (AvgIpc) is 2.88. The lowest BCUT2D eigenvalue weighted by Crippen LogP contribution is -2.09. The van der Waals surface area contributed by atoms with E-state index in [1.807, 2.05) is 32.0 Å². The second-order valence-corrected chi connectivity index (χ2v) is 4.19. The van der Waals surface area contributed by atoms with E-state index in [1.165, 1.54) is 0 Å². The minimum atomic E-state index is -0.494. The molecule has 2 aromatic rings. The van der Waals surface area contributed by atoms with Crippen molar-refractivity contribution in [2.24, 2.45) is 0 Å². The molecule has 0 aliphatic heterocycles. The van der Waals surface area contributed by atoms with E-state index in [2.05, 4.69) is 10.3 Å². The van der Waals surface area contributed by atoms with Crippen LogP contribution in [0.3, 0.4) is 0 Å². The number of para-hydroxylation sites is 1. The van der Waals surface area contributed by atoms with Gasteiger partial charge in [-0.3, -0.25) is 0 Å². The van der Waals surface area contributed by atoms with Crippen LogP contribution in [0.1, 0.15) is 25.8 Å². The number of nitrogens with zero attached hydrogens (tertiary/aromatic N) is 3. The summed E-state index contributed by atoms with van der Waals surface area (Å²) < 4.78 is 12.6. The zero-order valence-corrected chi connectivity index (χ0v) is 11.7. The number of ether oxygens (including phenoxy) is 2. The van der Waals surface area contributed by atoms with E-state index < -0.39 is 6.29 Å². The summed E-state index contributed by atoms with van der Waals surface area (Å²) in [6.07, 6.45) is 1.27. The Balaban J connectivity index is 2.25. The number of hydrogen-bond acceptors (Lipinski definition) is 4. The van der Waals surface area contributed by atoms with Gasteiger partial charge in [-0.1, -0.05) is 28.9 Å². The standard InChI is InChI=1S/C13H16ClN3O2/c1-3-18-13(19-4-2)11-9-17(16-15-11)12-8-6-5-7-10(12)14/h5-9,13H,3-4H2,1-2H3. The molecule has 0 amide bonds. The van der Waals surface area contributed by atoms with Gasteiger partial charge in [-0.15, -0.1) is 5.10 Å². The molecule has 1 aromatic heterocycles. The molecule has 1 aromatic carbocycles. The highest BCUT2D eigenvalue weighted by atomic mass is 35.5. The summed E-state index contributed by atoms with van der Waals surface area (Å²) in [7, 11) is 0. The van der Waals surface area contributed by atoms with Crippen molar-refractivity contribution >= 4 is 11.6 Å². The van der Waals surface area contributed by atoms with Crippen LogP contribution in [-0.4, -0.2) is 28.2 Å². The lowest BCUT2D eigenvalue weighted by atomic mass is 10.3. The Bertz CT molecular complexity index is 524.